The average molecular weight is 274 g/mol. The lowest BCUT2D eigenvalue weighted by Gasteiger charge is -2.22. The number of nitrogens with one attached hydrogen (secondary N) is 1. The molecule has 0 aliphatic heterocycles. The smallest absolute Gasteiger partial charge is 0.238 e. The van der Waals surface area contributed by atoms with Crippen molar-refractivity contribution in [3.63, 3.8) is 0 Å². The second kappa shape index (κ2) is 8.18. The van der Waals surface area contributed by atoms with Gasteiger partial charge in [0.2, 0.25) is 5.91 Å². The summed E-state index contributed by atoms with van der Waals surface area (Å²) in [6.45, 7) is 5.90. The number of hydrogen-bond acceptors (Lipinski definition) is 4. The number of nitrogen functional groups attached to an aromatic ring is 1. The van der Waals surface area contributed by atoms with Gasteiger partial charge in [-0.15, -0.1) is 0 Å². The molecule has 0 aliphatic carbocycles. The van der Waals surface area contributed by atoms with Crippen LogP contribution >= 0.6 is 0 Å². The molecule has 0 radical (unpaired) electrons. The number of hydrogen-bond donors (Lipinski definition) is 2. The van der Waals surface area contributed by atoms with Crippen LogP contribution in [0, 0.1) is 17.2 Å². The van der Waals surface area contributed by atoms with Gasteiger partial charge in [0.15, 0.2) is 0 Å². The van der Waals surface area contributed by atoms with Crippen LogP contribution in [-0.4, -0.2) is 30.4 Å². The summed E-state index contributed by atoms with van der Waals surface area (Å²) in [5.41, 5.74) is 6.99. The zero-order chi connectivity index (χ0) is 15.0. The minimum Gasteiger partial charge on any atom is -0.399 e. The Balaban J connectivity index is 2.52. The molecule has 0 aromatic heterocycles. The predicted octanol–water partition coefficient (Wildman–Crippen LogP) is 2.08. The molecule has 1 aromatic rings. The third-order valence-electron chi connectivity index (χ3n) is 2.72. The first-order chi connectivity index (χ1) is 9.51. The quantitative estimate of drug-likeness (QED) is 0.746. The highest BCUT2D eigenvalue weighted by atomic mass is 16.2. The van der Waals surface area contributed by atoms with Gasteiger partial charge in [0.1, 0.15) is 0 Å². The minimum atomic E-state index is -0.0756. The monoisotopic (exact) mass is 274 g/mol. The van der Waals surface area contributed by atoms with E-state index < -0.39 is 0 Å². The van der Waals surface area contributed by atoms with Gasteiger partial charge in [-0.05, 0) is 30.2 Å². The zero-order valence-electron chi connectivity index (χ0n) is 12.1. The van der Waals surface area contributed by atoms with E-state index in [1.54, 1.807) is 24.3 Å². The van der Waals surface area contributed by atoms with Crippen LogP contribution in [0.1, 0.15) is 20.3 Å². The van der Waals surface area contributed by atoms with Gasteiger partial charge in [-0.2, -0.15) is 5.26 Å². The number of carbonyl (C=O) groups is 1. The first-order valence-corrected chi connectivity index (χ1v) is 6.76. The summed E-state index contributed by atoms with van der Waals surface area (Å²) in [6, 6.07) is 9.15. The van der Waals surface area contributed by atoms with Crippen LogP contribution in [0.4, 0.5) is 11.4 Å². The summed E-state index contributed by atoms with van der Waals surface area (Å²) in [6.07, 6.45) is 0.432. The highest BCUT2D eigenvalue weighted by Crippen LogP contribution is 2.10. The van der Waals surface area contributed by atoms with Crippen LogP contribution in [0.3, 0.4) is 0 Å². The zero-order valence-corrected chi connectivity index (χ0v) is 12.1. The molecule has 0 unspecified atom stereocenters. The molecule has 0 saturated carbocycles. The third kappa shape index (κ3) is 6.21. The fourth-order valence-corrected chi connectivity index (χ4v) is 1.93. The van der Waals surface area contributed by atoms with E-state index in [2.05, 4.69) is 25.2 Å². The second-order valence-electron chi connectivity index (χ2n) is 5.21. The topological polar surface area (TPSA) is 82.2 Å². The van der Waals surface area contributed by atoms with E-state index in [1.807, 2.05) is 4.90 Å². The molecule has 3 N–H and O–H groups in total. The van der Waals surface area contributed by atoms with Crippen molar-refractivity contribution in [3.05, 3.63) is 24.3 Å². The Bertz CT molecular complexity index is 462. The van der Waals surface area contributed by atoms with Crippen molar-refractivity contribution in [2.45, 2.75) is 20.3 Å². The molecule has 0 fully saturated rings. The van der Waals surface area contributed by atoms with E-state index in [0.29, 0.717) is 31.1 Å². The summed E-state index contributed by atoms with van der Waals surface area (Å²) in [4.78, 5) is 14.0. The molecule has 0 aliphatic rings. The van der Waals surface area contributed by atoms with Crippen molar-refractivity contribution in [1.82, 2.24) is 4.90 Å². The number of benzene rings is 1. The lowest BCUT2D eigenvalue weighted by Crippen LogP contribution is -2.36. The molecule has 5 heteroatoms. The van der Waals surface area contributed by atoms with Crippen LogP contribution in [0.25, 0.3) is 0 Å². The van der Waals surface area contributed by atoms with Gasteiger partial charge in [-0.25, -0.2) is 0 Å². The number of nitrogens with zero attached hydrogens (tertiary/aromatic N) is 2. The number of anilines is 2. The fourth-order valence-electron chi connectivity index (χ4n) is 1.93. The molecule has 0 atom stereocenters. The Kier molecular flexibility index (Phi) is 6.54. The number of nitrogens with two attached hydrogens (primary N) is 1. The average Bonchev–Trinajstić information content (AvgIpc) is 2.38. The minimum absolute atomic E-state index is 0.0756. The Morgan fingerprint density at radius 2 is 2.05 bits per heavy atom. The lowest BCUT2D eigenvalue weighted by molar-refractivity contribution is -0.117. The molecule has 0 heterocycles. The van der Waals surface area contributed by atoms with E-state index >= 15 is 0 Å². The number of amides is 1. The van der Waals surface area contributed by atoms with Crippen LogP contribution in [0.5, 0.6) is 0 Å². The van der Waals surface area contributed by atoms with Crippen molar-refractivity contribution < 1.29 is 4.79 Å². The Morgan fingerprint density at radius 3 is 2.60 bits per heavy atom. The van der Waals surface area contributed by atoms with E-state index in [1.165, 1.54) is 0 Å². The summed E-state index contributed by atoms with van der Waals surface area (Å²) >= 11 is 0. The molecular weight excluding hydrogens is 252 g/mol. The molecule has 20 heavy (non-hydrogen) atoms. The Morgan fingerprint density at radius 1 is 1.40 bits per heavy atom. The van der Waals surface area contributed by atoms with E-state index in [4.69, 9.17) is 11.0 Å². The van der Waals surface area contributed by atoms with Gasteiger partial charge < -0.3 is 11.1 Å². The Labute approximate surface area is 120 Å². The maximum atomic E-state index is 12.0. The molecule has 5 nitrogen and oxygen atoms in total. The van der Waals surface area contributed by atoms with Crippen LogP contribution < -0.4 is 11.1 Å². The SMILES string of the molecule is CC(C)CN(CCC#N)CC(=O)Nc1ccc(N)cc1. The summed E-state index contributed by atoms with van der Waals surface area (Å²) in [7, 11) is 0. The van der Waals surface area contributed by atoms with E-state index in [9.17, 15) is 4.79 Å². The van der Waals surface area contributed by atoms with Crippen molar-refractivity contribution in [1.29, 1.82) is 5.26 Å². The molecule has 0 saturated heterocycles. The van der Waals surface area contributed by atoms with Crippen LogP contribution in [0.15, 0.2) is 24.3 Å². The van der Waals surface area contributed by atoms with Gasteiger partial charge in [0.25, 0.3) is 0 Å². The van der Waals surface area contributed by atoms with E-state index in [-0.39, 0.29) is 5.91 Å². The van der Waals surface area contributed by atoms with Gasteiger partial charge in [-0.3, -0.25) is 9.69 Å². The maximum Gasteiger partial charge on any atom is 0.238 e. The van der Waals surface area contributed by atoms with Crippen molar-refractivity contribution in [3.8, 4) is 6.07 Å². The third-order valence-corrected chi connectivity index (χ3v) is 2.72. The van der Waals surface area contributed by atoms with Gasteiger partial charge in [0, 0.05) is 30.9 Å². The summed E-state index contributed by atoms with van der Waals surface area (Å²) in [5.74, 6) is 0.381. The Hall–Kier alpha value is -2.06. The molecule has 1 amide bonds. The molecule has 0 bridgehead atoms. The van der Waals surface area contributed by atoms with Crippen LogP contribution in [-0.2, 0) is 4.79 Å². The summed E-state index contributed by atoms with van der Waals surface area (Å²) < 4.78 is 0. The fraction of sp³-hybridized carbons (Fsp3) is 0.467. The van der Waals surface area contributed by atoms with Crippen molar-refractivity contribution in [2.24, 2.45) is 5.92 Å². The maximum absolute atomic E-state index is 12.0. The highest BCUT2D eigenvalue weighted by Gasteiger charge is 2.12. The van der Waals surface area contributed by atoms with Gasteiger partial charge >= 0.3 is 0 Å². The van der Waals surface area contributed by atoms with Crippen molar-refractivity contribution in [2.75, 3.05) is 30.7 Å². The molecule has 1 aromatic carbocycles. The first-order valence-electron chi connectivity index (χ1n) is 6.76. The van der Waals surface area contributed by atoms with Crippen molar-refractivity contribution >= 4 is 17.3 Å². The van der Waals surface area contributed by atoms with Gasteiger partial charge in [-0.1, -0.05) is 13.8 Å². The second-order valence-corrected chi connectivity index (χ2v) is 5.21. The number of rotatable bonds is 7. The normalized spacial score (nSPS) is 10.6. The summed E-state index contributed by atoms with van der Waals surface area (Å²) in [5, 5.41) is 11.5. The molecular formula is C15H22N4O. The standard InChI is InChI=1S/C15H22N4O/c1-12(2)10-19(9-3-8-16)11-15(20)18-14-6-4-13(17)5-7-14/h4-7,12H,3,9-11,17H2,1-2H3,(H,18,20). The first kappa shape index (κ1) is 16.0. The molecule has 0 spiro atoms. The predicted molar refractivity (Wildman–Crippen MR) is 81.0 cm³/mol. The van der Waals surface area contributed by atoms with Crippen LogP contribution in [0.2, 0.25) is 0 Å². The molecule has 1 rings (SSSR count). The number of nitriles is 1. The van der Waals surface area contributed by atoms with Gasteiger partial charge in [0.05, 0.1) is 12.6 Å². The molecule has 108 valence electrons. The largest absolute Gasteiger partial charge is 0.399 e. The lowest BCUT2D eigenvalue weighted by atomic mass is 10.2. The number of carbonyl (C=O) groups excluding carboxylic acids is 1. The van der Waals surface area contributed by atoms with E-state index in [0.717, 1.165) is 12.2 Å². The highest BCUT2D eigenvalue weighted by molar-refractivity contribution is 5.92.